The number of carbonyl (C=O) groups excluding carboxylic acids is 2. The number of rotatable bonds is 7. The Bertz CT molecular complexity index is 796. The van der Waals surface area contributed by atoms with Gasteiger partial charge < -0.3 is 10.6 Å². The Morgan fingerprint density at radius 3 is 2.62 bits per heavy atom. The number of nitrogens with zero attached hydrogens (tertiary/aromatic N) is 1. The monoisotopic (exact) mass is 393 g/mol. The average molecular weight is 394 g/mol. The van der Waals surface area contributed by atoms with Crippen LogP contribution in [-0.4, -0.2) is 29.4 Å². The maximum atomic E-state index is 12.3. The topological polar surface area (TPSA) is 71.1 Å². The highest BCUT2D eigenvalue weighted by Crippen LogP contribution is 2.21. The number of hydrogen-bond acceptors (Lipinski definition) is 3. The van der Waals surface area contributed by atoms with Gasteiger partial charge in [-0.15, -0.1) is 0 Å². The SMILES string of the molecule is CCC(C)NC(=O)c1ccnc(C(=O)NCCc2ccc(Cl)cc2Cl)c1. The lowest BCUT2D eigenvalue weighted by molar-refractivity contribution is 0.0939. The Labute approximate surface area is 163 Å². The van der Waals surface area contributed by atoms with Gasteiger partial charge in [-0.3, -0.25) is 14.6 Å². The van der Waals surface area contributed by atoms with Gasteiger partial charge in [0.25, 0.3) is 11.8 Å². The highest BCUT2D eigenvalue weighted by molar-refractivity contribution is 6.35. The van der Waals surface area contributed by atoms with E-state index in [2.05, 4.69) is 15.6 Å². The number of amides is 2. The van der Waals surface area contributed by atoms with Gasteiger partial charge in [-0.05, 0) is 49.6 Å². The predicted octanol–water partition coefficient (Wildman–Crippen LogP) is 3.89. The van der Waals surface area contributed by atoms with Gasteiger partial charge in [0.1, 0.15) is 5.69 Å². The lowest BCUT2D eigenvalue weighted by Crippen LogP contribution is -2.32. The van der Waals surface area contributed by atoms with Gasteiger partial charge in [0.15, 0.2) is 0 Å². The van der Waals surface area contributed by atoms with E-state index in [-0.39, 0.29) is 23.6 Å². The fraction of sp³-hybridized carbons (Fsp3) is 0.316. The molecule has 1 unspecified atom stereocenters. The third kappa shape index (κ3) is 5.71. The minimum absolute atomic E-state index is 0.0667. The first kappa shape index (κ1) is 20.2. The highest BCUT2D eigenvalue weighted by Gasteiger charge is 2.13. The standard InChI is InChI=1S/C19H21Cl2N3O2/c1-3-12(2)24-18(25)14-7-8-22-17(10-14)19(26)23-9-6-13-4-5-15(20)11-16(13)21/h4-5,7-8,10-12H,3,6,9H2,1-2H3,(H,23,26)(H,24,25). The van der Waals surface area contributed by atoms with E-state index in [1.165, 1.54) is 12.3 Å². The zero-order valence-electron chi connectivity index (χ0n) is 14.7. The fourth-order valence-corrected chi connectivity index (χ4v) is 2.73. The summed E-state index contributed by atoms with van der Waals surface area (Å²) < 4.78 is 0. The molecule has 1 heterocycles. The molecular weight excluding hydrogens is 373 g/mol. The summed E-state index contributed by atoms with van der Waals surface area (Å²) in [6, 6.07) is 8.39. The van der Waals surface area contributed by atoms with Crippen molar-refractivity contribution in [2.45, 2.75) is 32.7 Å². The third-order valence-electron chi connectivity index (χ3n) is 3.94. The van der Waals surface area contributed by atoms with Crippen molar-refractivity contribution >= 4 is 35.0 Å². The second-order valence-corrected chi connectivity index (χ2v) is 6.80. The summed E-state index contributed by atoms with van der Waals surface area (Å²) in [5.74, 6) is -0.558. The number of hydrogen-bond donors (Lipinski definition) is 2. The van der Waals surface area contributed by atoms with Crippen LogP contribution in [0.25, 0.3) is 0 Å². The molecule has 5 nitrogen and oxygen atoms in total. The van der Waals surface area contributed by atoms with Crippen molar-refractivity contribution in [2.75, 3.05) is 6.54 Å². The first-order valence-electron chi connectivity index (χ1n) is 8.39. The summed E-state index contributed by atoms with van der Waals surface area (Å²) in [6.07, 6.45) is 2.85. The number of pyridine rings is 1. The maximum Gasteiger partial charge on any atom is 0.269 e. The van der Waals surface area contributed by atoms with Crippen molar-refractivity contribution in [3.05, 3.63) is 63.4 Å². The molecule has 0 aliphatic rings. The third-order valence-corrected chi connectivity index (χ3v) is 4.53. The molecular formula is C19H21Cl2N3O2. The van der Waals surface area contributed by atoms with Gasteiger partial charge >= 0.3 is 0 Å². The molecule has 0 bridgehead atoms. The molecule has 0 aliphatic heterocycles. The average Bonchev–Trinajstić information content (AvgIpc) is 2.63. The zero-order valence-corrected chi connectivity index (χ0v) is 16.2. The highest BCUT2D eigenvalue weighted by atomic mass is 35.5. The van der Waals surface area contributed by atoms with Crippen LogP contribution >= 0.6 is 23.2 Å². The molecule has 1 aromatic carbocycles. The van der Waals surface area contributed by atoms with E-state index >= 15 is 0 Å². The molecule has 2 aromatic rings. The van der Waals surface area contributed by atoms with Crippen LogP contribution in [0.15, 0.2) is 36.5 Å². The minimum Gasteiger partial charge on any atom is -0.350 e. The van der Waals surface area contributed by atoms with Crippen LogP contribution in [0.5, 0.6) is 0 Å². The largest absolute Gasteiger partial charge is 0.350 e. The molecule has 2 N–H and O–H groups in total. The van der Waals surface area contributed by atoms with Crippen LogP contribution in [0, 0.1) is 0 Å². The van der Waals surface area contributed by atoms with E-state index < -0.39 is 0 Å². The van der Waals surface area contributed by atoms with Crippen LogP contribution in [0.1, 0.15) is 46.7 Å². The lowest BCUT2D eigenvalue weighted by atomic mass is 10.1. The molecule has 0 saturated carbocycles. The summed E-state index contributed by atoms with van der Waals surface area (Å²) in [5, 5.41) is 6.78. The Morgan fingerprint density at radius 2 is 1.92 bits per heavy atom. The van der Waals surface area contributed by atoms with Crippen molar-refractivity contribution in [1.82, 2.24) is 15.6 Å². The first-order chi connectivity index (χ1) is 12.4. The molecule has 0 aliphatic carbocycles. The van der Waals surface area contributed by atoms with Crippen molar-refractivity contribution in [3.63, 3.8) is 0 Å². The van der Waals surface area contributed by atoms with Gasteiger partial charge in [-0.2, -0.15) is 0 Å². The van der Waals surface area contributed by atoms with Gasteiger partial charge in [0.05, 0.1) is 0 Å². The van der Waals surface area contributed by atoms with E-state index in [4.69, 9.17) is 23.2 Å². The molecule has 7 heteroatoms. The van der Waals surface area contributed by atoms with Crippen molar-refractivity contribution in [1.29, 1.82) is 0 Å². The Kier molecular flexibility index (Phi) is 7.42. The zero-order chi connectivity index (χ0) is 19.1. The normalized spacial score (nSPS) is 11.7. The van der Waals surface area contributed by atoms with Crippen LogP contribution in [0.2, 0.25) is 10.0 Å². The van der Waals surface area contributed by atoms with Crippen molar-refractivity contribution in [2.24, 2.45) is 0 Å². The number of carbonyl (C=O) groups is 2. The summed E-state index contributed by atoms with van der Waals surface area (Å²) >= 11 is 12.0. The molecule has 2 amide bonds. The Hall–Kier alpha value is -2.11. The molecule has 0 fully saturated rings. The van der Waals surface area contributed by atoms with E-state index in [9.17, 15) is 9.59 Å². The quantitative estimate of drug-likeness (QED) is 0.749. The second-order valence-electron chi connectivity index (χ2n) is 5.95. The van der Waals surface area contributed by atoms with E-state index in [1.54, 1.807) is 18.2 Å². The molecule has 26 heavy (non-hydrogen) atoms. The summed E-state index contributed by atoms with van der Waals surface area (Å²) in [4.78, 5) is 28.5. The van der Waals surface area contributed by atoms with Crippen LogP contribution in [0.3, 0.4) is 0 Å². The van der Waals surface area contributed by atoms with Gasteiger partial charge in [-0.25, -0.2) is 0 Å². The molecule has 0 saturated heterocycles. The second kappa shape index (κ2) is 9.55. The van der Waals surface area contributed by atoms with Crippen molar-refractivity contribution < 1.29 is 9.59 Å². The summed E-state index contributed by atoms with van der Waals surface area (Å²) in [5.41, 5.74) is 1.50. The summed E-state index contributed by atoms with van der Waals surface area (Å²) in [7, 11) is 0. The molecule has 0 radical (unpaired) electrons. The van der Waals surface area contributed by atoms with Crippen molar-refractivity contribution in [3.8, 4) is 0 Å². The molecule has 0 spiro atoms. The van der Waals surface area contributed by atoms with Gasteiger partial charge in [0, 0.05) is 34.4 Å². The van der Waals surface area contributed by atoms with E-state index in [0.717, 1.165) is 12.0 Å². The van der Waals surface area contributed by atoms with Gasteiger partial charge in [-0.1, -0.05) is 36.2 Å². The predicted molar refractivity (Wildman–Crippen MR) is 104 cm³/mol. The number of benzene rings is 1. The van der Waals surface area contributed by atoms with Crippen LogP contribution in [0.4, 0.5) is 0 Å². The molecule has 1 aromatic heterocycles. The Balaban J connectivity index is 1.95. The van der Waals surface area contributed by atoms with E-state index in [0.29, 0.717) is 28.6 Å². The first-order valence-corrected chi connectivity index (χ1v) is 9.15. The lowest BCUT2D eigenvalue weighted by Gasteiger charge is -2.12. The smallest absolute Gasteiger partial charge is 0.269 e. The fourth-order valence-electron chi connectivity index (χ4n) is 2.23. The number of nitrogens with one attached hydrogen (secondary N) is 2. The molecule has 1 atom stereocenters. The van der Waals surface area contributed by atoms with Gasteiger partial charge in [0.2, 0.25) is 0 Å². The summed E-state index contributed by atoms with van der Waals surface area (Å²) in [6.45, 7) is 4.31. The van der Waals surface area contributed by atoms with E-state index in [1.807, 2.05) is 19.9 Å². The minimum atomic E-state index is -0.340. The Morgan fingerprint density at radius 1 is 1.15 bits per heavy atom. The maximum absolute atomic E-state index is 12.3. The number of halogens is 2. The van der Waals surface area contributed by atoms with Crippen LogP contribution in [-0.2, 0) is 6.42 Å². The number of aromatic nitrogens is 1. The molecule has 2 rings (SSSR count). The van der Waals surface area contributed by atoms with Crippen LogP contribution < -0.4 is 10.6 Å². The molecule has 138 valence electrons.